The zero-order valence-electron chi connectivity index (χ0n) is 8.85. The highest BCUT2D eigenvalue weighted by molar-refractivity contribution is 7.89. The third-order valence-corrected chi connectivity index (χ3v) is 4.60. The van der Waals surface area contributed by atoms with Gasteiger partial charge < -0.3 is 5.11 Å². The van der Waals surface area contributed by atoms with Gasteiger partial charge in [-0.3, -0.25) is 0 Å². The van der Waals surface area contributed by atoms with Gasteiger partial charge in [-0.05, 0) is 43.9 Å². The van der Waals surface area contributed by atoms with E-state index in [1.165, 1.54) is 25.7 Å². The fraction of sp³-hybridized carbons (Fsp3) is 1.00. The second-order valence-electron chi connectivity index (χ2n) is 4.71. The molecule has 2 fully saturated rings. The summed E-state index contributed by atoms with van der Waals surface area (Å²) in [6.45, 7) is -0.0571. The molecule has 0 saturated heterocycles. The minimum absolute atomic E-state index is 0.0550. The number of aliphatic hydroxyl groups excluding tert-OH is 1. The second kappa shape index (κ2) is 4.39. The molecule has 2 saturated carbocycles. The molecule has 0 spiro atoms. The molecule has 0 aromatic heterocycles. The molecule has 0 heterocycles. The molecule has 0 aliphatic heterocycles. The minimum atomic E-state index is -3.16. The van der Waals surface area contributed by atoms with E-state index >= 15 is 0 Å². The molecule has 0 radical (unpaired) electrons. The van der Waals surface area contributed by atoms with Crippen molar-refractivity contribution in [2.24, 2.45) is 11.8 Å². The van der Waals surface area contributed by atoms with E-state index in [-0.39, 0.29) is 18.4 Å². The van der Waals surface area contributed by atoms with Crippen LogP contribution in [0.15, 0.2) is 0 Å². The van der Waals surface area contributed by atoms with Gasteiger partial charge in [-0.15, -0.1) is 0 Å². The Morgan fingerprint density at radius 3 is 2.13 bits per heavy atom. The molecular formula is C10H19NO3S. The Hall–Kier alpha value is -0.130. The monoisotopic (exact) mass is 233 g/mol. The number of sulfonamides is 1. The van der Waals surface area contributed by atoms with Crippen LogP contribution in [0.3, 0.4) is 0 Å². The van der Waals surface area contributed by atoms with E-state index in [1.54, 1.807) is 0 Å². The SMILES string of the molecule is O=S(=O)(CCCO)NC(C1CC1)C1CC1. The van der Waals surface area contributed by atoms with Crippen LogP contribution in [0.25, 0.3) is 0 Å². The van der Waals surface area contributed by atoms with E-state index in [0.717, 1.165) is 0 Å². The minimum Gasteiger partial charge on any atom is -0.396 e. The summed E-state index contributed by atoms with van der Waals surface area (Å²) in [5.41, 5.74) is 0. The average Bonchev–Trinajstić information content (AvgIpc) is 3.04. The molecule has 5 heteroatoms. The Bertz CT molecular complexity index is 295. The van der Waals surface area contributed by atoms with Crippen LogP contribution in [0.2, 0.25) is 0 Å². The van der Waals surface area contributed by atoms with Crippen molar-refractivity contribution < 1.29 is 13.5 Å². The molecule has 0 atom stereocenters. The summed E-state index contributed by atoms with van der Waals surface area (Å²) in [7, 11) is -3.16. The van der Waals surface area contributed by atoms with Crippen molar-refractivity contribution in [1.29, 1.82) is 0 Å². The topological polar surface area (TPSA) is 66.4 Å². The number of rotatable bonds is 7. The Kier molecular flexibility index (Phi) is 3.33. The molecule has 0 amide bonds. The van der Waals surface area contributed by atoms with Crippen LogP contribution < -0.4 is 4.72 Å². The van der Waals surface area contributed by atoms with E-state index in [2.05, 4.69) is 4.72 Å². The van der Waals surface area contributed by atoms with Gasteiger partial charge in [-0.1, -0.05) is 0 Å². The van der Waals surface area contributed by atoms with E-state index in [0.29, 0.717) is 18.3 Å². The van der Waals surface area contributed by atoms with Gasteiger partial charge in [0.15, 0.2) is 0 Å². The van der Waals surface area contributed by atoms with Gasteiger partial charge in [0.25, 0.3) is 0 Å². The van der Waals surface area contributed by atoms with Crippen molar-refractivity contribution >= 4 is 10.0 Å². The lowest BCUT2D eigenvalue weighted by molar-refractivity contribution is 0.295. The van der Waals surface area contributed by atoms with E-state index in [4.69, 9.17) is 5.11 Å². The molecule has 2 aliphatic rings. The standard InChI is InChI=1S/C10H19NO3S/c12-6-1-7-15(13,14)11-10(8-2-3-8)9-4-5-9/h8-12H,1-7H2. The summed E-state index contributed by atoms with van der Waals surface area (Å²) in [6.07, 6.45) is 5.01. The van der Waals surface area contributed by atoms with Crippen molar-refractivity contribution in [3.63, 3.8) is 0 Å². The molecule has 15 heavy (non-hydrogen) atoms. The molecule has 0 unspecified atom stereocenters. The Balaban J connectivity index is 1.87. The molecular weight excluding hydrogens is 214 g/mol. The van der Waals surface area contributed by atoms with Gasteiger partial charge in [0.1, 0.15) is 0 Å². The van der Waals surface area contributed by atoms with E-state index in [1.807, 2.05) is 0 Å². The summed E-state index contributed by atoms with van der Waals surface area (Å²) in [5, 5.41) is 8.61. The van der Waals surface area contributed by atoms with Crippen LogP contribution in [0, 0.1) is 11.8 Å². The fourth-order valence-electron chi connectivity index (χ4n) is 2.01. The first kappa shape index (κ1) is 11.4. The highest BCUT2D eigenvalue weighted by atomic mass is 32.2. The molecule has 0 aromatic rings. The largest absolute Gasteiger partial charge is 0.396 e. The maximum Gasteiger partial charge on any atom is 0.211 e. The lowest BCUT2D eigenvalue weighted by Crippen LogP contribution is -2.39. The van der Waals surface area contributed by atoms with Crippen LogP contribution in [0.4, 0.5) is 0 Å². The van der Waals surface area contributed by atoms with Gasteiger partial charge in [0.05, 0.1) is 5.75 Å². The Labute approximate surface area is 91.1 Å². The average molecular weight is 233 g/mol. The first-order valence-electron chi connectivity index (χ1n) is 5.73. The smallest absolute Gasteiger partial charge is 0.211 e. The molecule has 2 rings (SSSR count). The van der Waals surface area contributed by atoms with Crippen LogP contribution in [0.1, 0.15) is 32.1 Å². The highest BCUT2D eigenvalue weighted by Crippen LogP contribution is 2.44. The summed E-state index contributed by atoms with van der Waals surface area (Å²) in [4.78, 5) is 0. The summed E-state index contributed by atoms with van der Waals surface area (Å²) >= 11 is 0. The molecule has 0 bridgehead atoms. The molecule has 2 N–H and O–H groups in total. The molecule has 0 aromatic carbocycles. The van der Waals surface area contributed by atoms with E-state index in [9.17, 15) is 8.42 Å². The maximum atomic E-state index is 11.6. The summed E-state index contributed by atoms with van der Waals surface area (Å²) in [5.74, 6) is 1.22. The van der Waals surface area contributed by atoms with Gasteiger partial charge in [-0.25, -0.2) is 13.1 Å². The lowest BCUT2D eigenvalue weighted by Gasteiger charge is -2.17. The van der Waals surface area contributed by atoms with E-state index < -0.39 is 10.0 Å². The predicted octanol–water partition coefficient (Wildman–Crippen LogP) is 0.477. The summed E-state index contributed by atoms with van der Waals surface area (Å²) < 4.78 is 26.1. The van der Waals surface area contributed by atoms with Crippen molar-refractivity contribution in [1.82, 2.24) is 4.72 Å². The third-order valence-electron chi connectivity index (χ3n) is 3.15. The van der Waals surface area contributed by atoms with Crippen LogP contribution in [-0.2, 0) is 10.0 Å². The third kappa shape index (κ3) is 3.43. The van der Waals surface area contributed by atoms with Crippen LogP contribution >= 0.6 is 0 Å². The number of hydrogen-bond donors (Lipinski definition) is 2. The maximum absolute atomic E-state index is 11.6. The molecule has 88 valence electrons. The highest BCUT2D eigenvalue weighted by Gasteiger charge is 2.43. The normalized spacial score (nSPS) is 22.3. The molecule has 4 nitrogen and oxygen atoms in total. The summed E-state index contributed by atoms with van der Waals surface area (Å²) in [6, 6.07) is 0.189. The van der Waals surface area contributed by atoms with Gasteiger partial charge in [0, 0.05) is 12.6 Å². The quantitative estimate of drug-likeness (QED) is 0.672. The molecule has 2 aliphatic carbocycles. The fourth-order valence-corrected chi connectivity index (χ4v) is 3.44. The van der Waals surface area contributed by atoms with Crippen molar-refractivity contribution in [3.8, 4) is 0 Å². The van der Waals surface area contributed by atoms with Gasteiger partial charge in [0.2, 0.25) is 10.0 Å². The van der Waals surface area contributed by atoms with Gasteiger partial charge in [-0.2, -0.15) is 0 Å². The zero-order chi connectivity index (χ0) is 10.9. The number of aliphatic hydroxyl groups is 1. The van der Waals surface area contributed by atoms with Crippen LogP contribution in [-0.4, -0.2) is 31.9 Å². The Morgan fingerprint density at radius 1 is 1.20 bits per heavy atom. The number of hydrogen-bond acceptors (Lipinski definition) is 3. The zero-order valence-corrected chi connectivity index (χ0v) is 9.67. The first-order chi connectivity index (χ1) is 7.12. The van der Waals surface area contributed by atoms with Crippen molar-refractivity contribution in [3.05, 3.63) is 0 Å². The lowest BCUT2D eigenvalue weighted by atomic mass is 10.1. The number of nitrogens with one attached hydrogen (secondary N) is 1. The van der Waals surface area contributed by atoms with Crippen molar-refractivity contribution in [2.45, 2.75) is 38.1 Å². The second-order valence-corrected chi connectivity index (χ2v) is 6.59. The Morgan fingerprint density at radius 2 is 1.73 bits per heavy atom. The van der Waals surface area contributed by atoms with Gasteiger partial charge >= 0.3 is 0 Å². The first-order valence-corrected chi connectivity index (χ1v) is 7.38. The predicted molar refractivity (Wildman–Crippen MR) is 57.9 cm³/mol. The van der Waals surface area contributed by atoms with Crippen molar-refractivity contribution in [2.75, 3.05) is 12.4 Å². The van der Waals surface area contributed by atoms with Crippen LogP contribution in [0.5, 0.6) is 0 Å².